The van der Waals surface area contributed by atoms with Gasteiger partial charge in [-0.2, -0.15) is 0 Å². The van der Waals surface area contributed by atoms with Gasteiger partial charge in [0.2, 0.25) is 0 Å². The van der Waals surface area contributed by atoms with Crippen LogP contribution in [-0.4, -0.2) is 23.0 Å². The van der Waals surface area contributed by atoms with Crippen molar-refractivity contribution in [2.75, 3.05) is 0 Å². The Kier molecular flexibility index (Phi) is 5.48. The number of rotatable bonds is 5. The lowest BCUT2D eigenvalue weighted by atomic mass is 10.1. The van der Waals surface area contributed by atoms with Gasteiger partial charge in [0.25, 0.3) is 5.91 Å². The molecule has 1 atom stereocenters. The molecule has 0 aliphatic rings. The first-order valence-corrected chi connectivity index (χ1v) is 7.57. The molecule has 114 valence electrons. The summed E-state index contributed by atoms with van der Waals surface area (Å²) in [5.41, 5.74) is 0.890. The summed E-state index contributed by atoms with van der Waals surface area (Å²) < 4.78 is 14.2. The maximum absolute atomic E-state index is 13.1. The van der Waals surface area contributed by atoms with Crippen LogP contribution >= 0.6 is 22.6 Å². The first-order valence-electron chi connectivity index (χ1n) is 6.49. The summed E-state index contributed by atoms with van der Waals surface area (Å²) >= 11 is 2.15. The number of hydrogen-bond donors (Lipinski definition) is 2. The van der Waals surface area contributed by atoms with Crippen LogP contribution in [0.25, 0.3) is 0 Å². The molecule has 2 aromatic carbocycles. The number of aliphatic carboxylic acids is 1. The van der Waals surface area contributed by atoms with Crippen LogP contribution in [0.3, 0.4) is 0 Å². The number of carboxylic acids is 1. The molecular weight excluding hydrogens is 400 g/mol. The highest BCUT2D eigenvalue weighted by molar-refractivity contribution is 14.1. The highest BCUT2D eigenvalue weighted by Gasteiger charge is 2.21. The van der Waals surface area contributed by atoms with Gasteiger partial charge >= 0.3 is 5.97 Å². The monoisotopic (exact) mass is 413 g/mol. The van der Waals surface area contributed by atoms with E-state index in [1.54, 1.807) is 0 Å². The van der Waals surface area contributed by atoms with Gasteiger partial charge < -0.3 is 10.4 Å². The number of carbonyl (C=O) groups is 2. The fourth-order valence-electron chi connectivity index (χ4n) is 1.93. The Labute approximate surface area is 140 Å². The van der Waals surface area contributed by atoms with Crippen LogP contribution < -0.4 is 5.32 Å². The summed E-state index contributed by atoms with van der Waals surface area (Å²) in [6, 6.07) is 11.4. The molecule has 4 nitrogen and oxygen atoms in total. The van der Waals surface area contributed by atoms with Crippen LogP contribution in [0.1, 0.15) is 15.9 Å². The Hall–Kier alpha value is -1.96. The number of amides is 1. The van der Waals surface area contributed by atoms with E-state index in [2.05, 4.69) is 27.9 Å². The van der Waals surface area contributed by atoms with E-state index in [9.17, 15) is 19.1 Å². The van der Waals surface area contributed by atoms with E-state index in [-0.39, 0.29) is 12.0 Å². The average Bonchev–Trinajstić information content (AvgIpc) is 2.48. The summed E-state index contributed by atoms with van der Waals surface area (Å²) in [6.45, 7) is 0. The molecule has 0 radical (unpaired) electrons. The van der Waals surface area contributed by atoms with E-state index in [0.717, 1.165) is 15.2 Å². The van der Waals surface area contributed by atoms with Crippen molar-refractivity contribution in [1.29, 1.82) is 0 Å². The Bertz CT molecular complexity index is 688. The van der Waals surface area contributed by atoms with Crippen LogP contribution in [-0.2, 0) is 11.2 Å². The summed E-state index contributed by atoms with van der Waals surface area (Å²) in [6.07, 6.45) is 0.160. The minimum Gasteiger partial charge on any atom is -0.480 e. The average molecular weight is 413 g/mol. The normalized spacial score (nSPS) is 11.7. The molecule has 2 N–H and O–H groups in total. The number of halogens is 2. The van der Waals surface area contributed by atoms with E-state index >= 15 is 0 Å². The van der Waals surface area contributed by atoms with Gasteiger partial charge in [0.1, 0.15) is 11.9 Å². The summed E-state index contributed by atoms with van der Waals surface area (Å²) in [5, 5.41) is 11.7. The second-order valence-corrected chi connectivity index (χ2v) is 5.95. The number of benzene rings is 2. The van der Waals surface area contributed by atoms with E-state index in [4.69, 9.17) is 0 Å². The predicted octanol–water partition coefficient (Wildman–Crippen LogP) is 2.86. The van der Waals surface area contributed by atoms with Crippen LogP contribution in [0, 0.1) is 9.39 Å². The van der Waals surface area contributed by atoms with Crippen LogP contribution in [0.2, 0.25) is 0 Å². The maximum atomic E-state index is 13.1. The van der Waals surface area contributed by atoms with Crippen molar-refractivity contribution < 1.29 is 19.1 Å². The molecular formula is C16H13FINO3. The number of carboxylic acid groups (broad SMARTS) is 1. The highest BCUT2D eigenvalue weighted by Crippen LogP contribution is 2.10. The summed E-state index contributed by atoms with van der Waals surface area (Å²) in [7, 11) is 0. The van der Waals surface area contributed by atoms with Crippen LogP contribution in [0.4, 0.5) is 4.39 Å². The second-order valence-electron chi connectivity index (χ2n) is 4.71. The minimum atomic E-state index is -1.14. The molecule has 0 aromatic heterocycles. The van der Waals surface area contributed by atoms with Crippen molar-refractivity contribution in [2.24, 2.45) is 0 Å². The van der Waals surface area contributed by atoms with E-state index < -0.39 is 23.7 Å². The van der Waals surface area contributed by atoms with Gasteiger partial charge in [0.05, 0.1) is 0 Å². The highest BCUT2D eigenvalue weighted by atomic mass is 127. The lowest BCUT2D eigenvalue weighted by Gasteiger charge is -2.15. The molecule has 2 rings (SSSR count). The molecule has 0 heterocycles. The molecule has 0 aliphatic heterocycles. The van der Waals surface area contributed by atoms with Crippen molar-refractivity contribution in [3.63, 3.8) is 0 Å². The van der Waals surface area contributed by atoms with Crippen molar-refractivity contribution in [3.8, 4) is 0 Å². The third-order valence-corrected chi connectivity index (χ3v) is 3.76. The van der Waals surface area contributed by atoms with Crippen LogP contribution in [0.15, 0.2) is 48.5 Å². The van der Waals surface area contributed by atoms with Gasteiger partial charge in [-0.3, -0.25) is 4.79 Å². The molecule has 1 amide bonds. The summed E-state index contributed by atoms with van der Waals surface area (Å²) in [5.74, 6) is -2.29. The molecule has 0 saturated carbocycles. The molecule has 0 aliphatic carbocycles. The zero-order valence-corrected chi connectivity index (χ0v) is 13.6. The largest absolute Gasteiger partial charge is 0.480 e. The van der Waals surface area contributed by atoms with Gasteiger partial charge in [-0.15, -0.1) is 0 Å². The topological polar surface area (TPSA) is 66.4 Å². The molecule has 22 heavy (non-hydrogen) atoms. The Balaban J connectivity index is 2.10. The van der Waals surface area contributed by atoms with Gasteiger partial charge in [-0.1, -0.05) is 18.2 Å². The first-order chi connectivity index (χ1) is 10.5. The van der Waals surface area contributed by atoms with Gasteiger partial charge in [0.15, 0.2) is 0 Å². The van der Waals surface area contributed by atoms with E-state index in [1.165, 1.54) is 18.2 Å². The van der Waals surface area contributed by atoms with E-state index in [1.807, 2.05) is 24.3 Å². The van der Waals surface area contributed by atoms with Crippen molar-refractivity contribution in [1.82, 2.24) is 5.32 Å². The SMILES string of the molecule is O=C(N[C@@H](Cc1ccc(I)cc1)C(=O)O)c1cccc(F)c1. The van der Waals surface area contributed by atoms with Gasteiger partial charge in [-0.25, -0.2) is 9.18 Å². The molecule has 0 bridgehead atoms. The minimum absolute atomic E-state index is 0.0915. The fraction of sp³-hybridized carbons (Fsp3) is 0.125. The number of hydrogen-bond acceptors (Lipinski definition) is 2. The predicted molar refractivity (Wildman–Crippen MR) is 88.2 cm³/mol. The molecule has 2 aromatic rings. The second kappa shape index (κ2) is 7.35. The Morgan fingerprint density at radius 3 is 2.45 bits per heavy atom. The lowest BCUT2D eigenvalue weighted by Crippen LogP contribution is -2.42. The molecule has 6 heteroatoms. The molecule has 0 unspecified atom stereocenters. The van der Waals surface area contributed by atoms with Crippen molar-refractivity contribution in [3.05, 3.63) is 69.0 Å². The maximum Gasteiger partial charge on any atom is 0.326 e. The molecule has 0 saturated heterocycles. The van der Waals surface area contributed by atoms with E-state index in [0.29, 0.717) is 0 Å². The number of carbonyl (C=O) groups excluding carboxylic acids is 1. The first kappa shape index (κ1) is 16.4. The van der Waals surface area contributed by atoms with Crippen molar-refractivity contribution >= 4 is 34.5 Å². The third-order valence-electron chi connectivity index (χ3n) is 3.04. The zero-order valence-electron chi connectivity index (χ0n) is 11.4. The quantitative estimate of drug-likeness (QED) is 0.742. The summed E-state index contributed by atoms with van der Waals surface area (Å²) in [4.78, 5) is 23.3. The standard InChI is InChI=1S/C16H13FINO3/c17-12-3-1-2-11(9-12)15(20)19-14(16(21)22)8-10-4-6-13(18)7-5-10/h1-7,9,14H,8H2,(H,19,20)(H,21,22)/t14-/m0/s1. The Morgan fingerprint density at radius 2 is 1.86 bits per heavy atom. The van der Waals surface area contributed by atoms with Crippen LogP contribution in [0.5, 0.6) is 0 Å². The fourth-order valence-corrected chi connectivity index (χ4v) is 2.29. The zero-order chi connectivity index (χ0) is 16.1. The third kappa shape index (κ3) is 4.52. The lowest BCUT2D eigenvalue weighted by molar-refractivity contribution is -0.139. The van der Waals surface area contributed by atoms with Gasteiger partial charge in [-0.05, 0) is 58.5 Å². The number of nitrogens with one attached hydrogen (secondary N) is 1. The smallest absolute Gasteiger partial charge is 0.326 e. The van der Waals surface area contributed by atoms with Crippen molar-refractivity contribution in [2.45, 2.75) is 12.5 Å². The Morgan fingerprint density at radius 1 is 1.18 bits per heavy atom. The molecule has 0 fully saturated rings. The molecule has 0 spiro atoms. The van der Waals surface area contributed by atoms with Gasteiger partial charge in [0, 0.05) is 15.6 Å².